The molecule has 32 heavy (non-hydrogen) atoms. The zero-order chi connectivity index (χ0) is 22.7. The van der Waals surface area contributed by atoms with E-state index in [1.165, 1.54) is 7.11 Å². The van der Waals surface area contributed by atoms with Gasteiger partial charge >= 0.3 is 0 Å². The van der Waals surface area contributed by atoms with Gasteiger partial charge in [0, 0.05) is 18.5 Å². The molecule has 2 heterocycles. The number of imidazole rings is 1. The molecular formula is C25H26N3O4+. The Labute approximate surface area is 186 Å². The molecule has 1 fully saturated rings. The molecule has 2 N–H and O–H groups in total. The molecule has 0 bridgehead atoms. The lowest BCUT2D eigenvalue weighted by Gasteiger charge is -2.25. The Morgan fingerprint density at radius 2 is 1.97 bits per heavy atom. The lowest BCUT2D eigenvalue weighted by Crippen LogP contribution is -2.36. The molecule has 1 unspecified atom stereocenters. The molecule has 4 rings (SSSR count). The third-order valence-corrected chi connectivity index (χ3v) is 5.69. The largest absolute Gasteiger partial charge is 0.507 e. The van der Waals surface area contributed by atoms with E-state index in [1.54, 1.807) is 29.2 Å². The number of Topliss-reactive ketones (excluding diaryl/α,β-unsaturated/α-hetero) is 1. The minimum atomic E-state index is -0.676. The van der Waals surface area contributed by atoms with Crippen LogP contribution in [-0.4, -0.2) is 40.3 Å². The number of rotatable bonds is 7. The smallest absolute Gasteiger partial charge is 0.295 e. The van der Waals surface area contributed by atoms with E-state index in [1.807, 2.05) is 54.5 Å². The molecule has 164 valence electrons. The summed E-state index contributed by atoms with van der Waals surface area (Å²) in [5.74, 6) is -0.918. The zero-order valence-electron chi connectivity index (χ0n) is 18.1. The molecule has 0 radical (unpaired) electrons. The molecule has 7 heteroatoms. The summed E-state index contributed by atoms with van der Waals surface area (Å²) >= 11 is 0. The number of aromatic amines is 1. The average molecular weight is 432 g/mol. The number of aromatic nitrogens is 2. The fraction of sp³-hybridized carbons (Fsp3) is 0.240. The first-order valence-electron chi connectivity index (χ1n) is 10.5. The second-order valence-corrected chi connectivity index (χ2v) is 7.84. The number of carbonyl (C=O) groups excluding carboxylic acids is 2. The molecule has 0 saturated carbocycles. The van der Waals surface area contributed by atoms with Gasteiger partial charge in [0.15, 0.2) is 0 Å². The minimum Gasteiger partial charge on any atom is -0.507 e. The number of hydrogen-bond donors (Lipinski definition) is 2. The van der Waals surface area contributed by atoms with Crippen LogP contribution in [0.25, 0.3) is 5.76 Å². The minimum absolute atomic E-state index is 0.0985. The number of aliphatic hydroxyl groups is 1. The molecule has 1 atom stereocenters. The van der Waals surface area contributed by atoms with Crippen molar-refractivity contribution in [3.63, 3.8) is 0 Å². The number of ether oxygens (including phenoxy) is 1. The predicted molar refractivity (Wildman–Crippen MR) is 119 cm³/mol. The first-order chi connectivity index (χ1) is 15.5. The van der Waals surface area contributed by atoms with Crippen LogP contribution in [0.2, 0.25) is 0 Å². The average Bonchev–Trinajstić information content (AvgIpc) is 3.41. The number of aliphatic hydroxyl groups excluding tert-OH is 1. The highest BCUT2D eigenvalue weighted by Gasteiger charge is 2.45. The quantitative estimate of drug-likeness (QED) is 0.260. The summed E-state index contributed by atoms with van der Waals surface area (Å²) in [6.45, 7) is 3.06. The number of hydrogen-bond acceptors (Lipinski definition) is 4. The summed E-state index contributed by atoms with van der Waals surface area (Å²) in [5, 5.41) is 11.1. The first-order valence-corrected chi connectivity index (χ1v) is 10.5. The summed E-state index contributed by atoms with van der Waals surface area (Å²) in [4.78, 5) is 30.6. The van der Waals surface area contributed by atoms with Crippen LogP contribution in [0, 0.1) is 6.92 Å². The molecule has 7 nitrogen and oxygen atoms in total. The van der Waals surface area contributed by atoms with Gasteiger partial charge in [0.1, 0.15) is 23.9 Å². The van der Waals surface area contributed by atoms with E-state index in [0.29, 0.717) is 30.8 Å². The summed E-state index contributed by atoms with van der Waals surface area (Å²) in [6.07, 6.45) is 6.24. The van der Waals surface area contributed by atoms with Crippen LogP contribution in [0.3, 0.4) is 0 Å². The van der Waals surface area contributed by atoms with Gasteiger partial charge < -0.3 is 14.7 Å². The van der Waals surface area contributed by atoms with Crippen LogP contribution in [0.5, 0.6) is 5.75 Å². The highest BCUT2D eigenvalue weighted by molar-refractivity contribution is 6.46. The maximum atomic E-state index is 13.1. The molecule has 1 amide bonds. The Kier molecular flexibility index (Phi) is 6.07. The lowest BCUT2D eigenvalue weighted by molar-refractivity contribution is -0.695. The number of nitrogens with one attached hydrogen (secondary N) is 1. The summed E-state index contributed by atoms with van der Waals surface area (Å²) in [6, 6.07) is 13.9. The van der Waals surface area contributed by atoms with Crippen LogP contribution in [0.4, 0.5) is 0 Å². The van der Waals surface area contributed by atoms with E-state index >= 15 is 0 Å². The Morgan fingerprint density at radius 3 is 2.66 bits per heavy atom. The van der Waals surface area contributed by atoms with E-state index in [-0.39, 0.29) is 11.3 Å². The van der Waals surface area contributed by atoms with Gasteiger partial charge in [0.25, 0.3) is 11.7 Å². The second kappa shape index (κ2) is 9.09. The maximum Gasteiger partial charge on any atom is 0.295 e. The number of nitrogens with zero attached hydrogens (tertiary/aromatic N) is 2. The van der Waals surface area contributed by atoms with Crippen molar-refractivity contribution in [3.8, 4) is 5.75 Å². The van der Waals surface area contributed by atoms with Gasteiger partial charge in [-0.3, -0.25) is 14.6 Å². The number of benzene rings is 2. The topological polar surface area (TPSA) is 86.5 Å². The molecular weight excluding hydrogens is 406 g/mol. The van der Waals surface area contributed by atoms with Gasteiger partial charge in [-0.2, -0.15) is 0 Å². The Morgan fingerprint density at radius 1 is 1.19 bits per heavy atom. The van der Waals surface area contributed by atoms with Crippen molar-refractivity contribution in [3.05, 3.63) is 89.5 Å². The third kappa shape index (κ3) is 4.14. The van der Waals surface area contributed by atoms with Crippen molar-refractivity contribution in [2.75, 3.05) is 13.7 Å². The van der Waals surface area contributed by atoms with E-state index in [4.69, 9.17) is 4.74 Å². The van der Waals surface area contributed by atoms with Gasteiger partial charge in [-0.25, -0.2) is 4.57 Å². The number of H-pyrrole nitrogens is 1. The van der Waals surface area contributed by atoms with Crippen molar-refractivity contribution >= 4 is 17.4 Å². The summed E-state index contributed by atoms with van der Waals surface area (Å²) in [5.41, 5.74) is 2.39. The predicted octanol–water partition coefficient (Wildman–Crippen LogP) is 3.13. The fourth-order valence-electron chi connectivity index (χ4n) is 4.02. The van der Waals surface area contributed by atoms with E-state index < -0.39 is 17.7 Å². The van der Waals surface area contributed by atoms with Gasteiger partial charge in [0.2, 0.25) is 6.33 Å². The molecule has 2 aromatic carbocycles. The van der Waals surface area contributed by atoms with Crippen LogP contribution >= 0.6 is 0 Å². The Hall–Kier alpha value is -3.87. The normalized spacial score (nSPS) is 17.7. The number of ketones is 1. The van der Waals surface area contributed by atoms with E-state index in [9.17, 15) is 14.7 Å². The van der Waals surface area contributed by atoms with Crippen molar-refractivity contribution in [1.82, 2.24) is 9.88 Å². The monoisotopic (exact) mass is 432 g/mol. The van der Waals surface area contributed by atoms with Gasteiger partial charge in [-0.15, -0.1) is 0 Å². The zero-order valence-corrected chi connectivity index (χ0v) is 18.1. The standard InChI is InChI=1S/C25H25N3O4/c1-17-7-9-18(10-8-17)22-21(23(29)19-5-3-6-20(15-19)32-2)24(30)25(31)28(22)13-4-12-27-14-11-26-16-27/h3,5-11,14-16,22H,4,12-13H2,1-2H3,(H,29,30)/p+1. The third-order valence-electron chi connectivity index (χ3n) is 5.69. The highest BCUT2D eigenvalue weighted by atomic mass is 16.5. The molecule has 1 aromatic heterocycles. The van der Waals surface area contributed by atoms with Crippen molar-refractivity contribution in [2.45, 2.75) is 25.9 Å². The van der Waals surface area contributed by atoms with Gasteiger partial charge in [-0.05, 0) is 24.6 Å². The van der Waals surface area contributed by atoms with Crippen molar-refractivity contribution < 1.29 is 24.0 Å². The number of amides is 1. The Bertz CT molecular complexity index is 1150. The summed E-state index contributed by atoms with van der Waals surface area (Å²) < 4.78 is 7.23. The molecule has 1 aliphatic heterocycles. The lowest BCUT2D eigenvalue weighted by atomic mass is 9.94. The number of likely N-dealkylation sites (tertiary alicyclic amines) is 1. The highest BCUT2D eigenvalue weighted by Crippen LogP contribution is 2.39. The molecule has 3 aromatic rings. The fourth-order valence-corrected chi connectivity index (χ4v) is 4.02. The van der Waals surface area contributed by atoms with Gasteiger partial charge in [-0.1, -0.05) is 42.0 Å². The number of carbonyl (C=O) groups is 2. The van der Waals surface area contributed by atoms with Crippen molar-refractivity contribution in [2.24, 2.45) is 0 Å². The second-order valence-electron chi connectivity index (χ2n) is 7.84. The SMILES string of the molecule is COc1cccc(/C(O)=C2\C(=O)C(=O)N(CCC[n+]3cc[nH]c3)C2c2ccc(C)cc2)c1. The number of methoxy groups -OCH3 is 1. The van der Waals surface area contributed by atoms with Crippen LogP contribution in [0.15, 0.2) is 72.8 Å². The van der Waals surface area contributed by atoms with E-state index in [2.05, 4.69) is 4.98 Å². The van der Waals surface area contributed by atoms with Crippen LogP contribution in [-0.2, 0) is 16.1 Å². The van der Waals surface area contributed by atoms with Crippen LogP contribution < -0.4 is 9.30 Å². The Balaban J connectivity index is 1.73. The molecule has 0 aliphatic carbocycles. The maximum absolute atomic E-state index is 13.1. The van der Waals surface area contributed by atoms with Crippen LogP contribution in [0.1, 0.15) is 29.2 Å². The summed E-state index contributed by atoms with van der Waals surface area (Å²) in [7, 11) is 1.53. The molecule has 0 spiro atoms. The van der Waals surface area contributed by atoms with E-state index in [0.717, 1.165) is 11.1 Å². The molecule has 1 saturated heterocycles. The molecule has 1 aliphatic rings. The van der Waals surface area contributed by atoms with Crippen molar-refractivity contribution in [1.29, 1.82) is 0 Å². The number of aryl methyl sites for hydroxylation is 2. The van der Waals surface area contributed by atoms with Gasteiger partial charge in [0.05, 0.1) is 25.3 Å². The first kappa shape index (κ1) is 21.4.